The van der Waals surface area contributed by atoms with E-state index in [-0.39, 0.29) is 18.5 Å². The lowest BCUT2D eigenvalue weighted by Gasteiger charge is -2.33. The van der Waals surface area contributed by atoms with Crippen LogP contribution in [0.1, 0.15) is 31.5 Å². The standard InChI is InChI=1S/C17H22FN3O3/c1-12(22)13-3-2-8-21(9-13)10-17-19-16(20-24-17)11-23-15-6-4-14(18)5-7-15/h4-7,12-13,22H,2-3,8-11H2,1H3. The third kappa shape index (κ3) is 4.52. The van der Waals surface area contributed by atoms with Crippen LogP contribution in [0.25, 0.3) is 0 Å². The molecule has 0 spiro atoms. The summed E-state index contributed by atoms with van der Waals surface area (Å²) in [6.45, 7) is 4.39. The van der Waals surface area contributed by atoms with Gasteiger partial charge in [0.2, 0.25) is 11.7 Å². The topological polar surface area (TPSA) is 71.6 Å². The SMILES string of the molecule is CC(O)C1CCCN(Cc2nc(COc3ccc(F)cc3)no2)C1. The van der Waals surface area contributed by atoms with Crippen LogP contribution in [0.15, 0.2) is 28.8 Å². The fourth-order valence-corrected chi connectivity index (χ4v) is 2.91. The van der Waals surface area contributed by atoms with Crippen LogP contribution >= 0.6 is 0 Å². The maximum atomic E-state index is 12.8. The first kappa shape index (κ1) is 16.9. The van der Waals surface area contributed by atoms with Gasteiger partial charge in [-0.05, 0) is 56.5 Å². The second-order valence-corrected chi connectivity index (χ2v) is 6.22. The molecule has 0 saturated carbocycles. The summed E-state index contributed by atoms with van der Waals surface area (Å²) in [5.74, 6) is 1.54. The highest BCUT2D eigenvalue weighted by Crippen LogP contribution is 2.21. The number of likely N-dealkylation sites (tertiary alicyclic amines) is 1. The number of aromatic nitrogens is 2. The average molecular weight is 335 g/mol. The molecule has 1 aliphatic rings. The van der Waals surface area contributed by atoms with Gasteiger partial charge in [0.05, 0.1) is 12.6 Å². The van der Waals surface area contributed by atoms with Gasteiger partial charge in [0, 0.05) is 6.54 Å². The van der Waals surface area contributed by atoms with Gasteiger partial charge in [0.15, 0.2) is 6.61 Å². The predicted molar refractivity (Wildman–Crippen MR) is 84.7 cm³/mol. The molecule has 1 saturated heterocycles. The van der Waals surface area contributed by atoms with Gasteiger partial charge in [-0.1, -0.05) is 5.16 Å². The van der Waals surface area contributed by atoms with Crippen molar-refractivity contribution in [3.05, 3.63) is 41.8 Å². The highest BCUT2D eigenvalue weighted by molar-refractivity contribution is 5.22. The van der Waals surface area contributed by atoms with Crippen LogP contribution in [0.5, 0.6) is 5.75 Å². The summed E-state index contributed by atoms with van der Waals surface area (Å²) in [4.78, 5) is 6.55. The first-order chi connectivity index (χ1) is 11.6. The van der Waals surface area contributed by atoms with Gasteiger partial charge >= 0.3 is 0 Å². The van der Waals surface area contributed by atoms with Crippen molar-refractivity contribution < 1.29 is 18.8 Å². The van der Waals surface area contributed by atoms with E-state index in [1.165, 1.54) is 12.1 Å². The molecular weight excluding hydrogens is 313 g/mol. The summed E-state index contributed by atoms with van der Waals surface area (Å²) >= 11 is 0. The summed E-state index contributed by atoms with van der Waals surface area (Å²) in [6.07, 6.45) is 1.81. The van der Waals surface area contributed by atoms with Gasteiger partial charge in [0.25, 0.3) is 0 Å². The van der Waals surface area contributed by atoms with Crippen LogP contribution < -0.4 is 4.74 Å². The number of ether oxygens (including phenoxy) is 1. The molecule has 2 unspecified atom stereocenters. The van der Waals surface area contributed by atoms with Crippen LogP contribution in [0.2, 0.25) is 0 Å². The number of rotatable bonds is 6. The number of halogens is 1. The molecule has 24 heavy (non-hydrogen) atoms. The molecule has 2 atom stereocenters. The Morgan fingerprint density at radius 1 is 1.42 bits per heavy atom. The zero-order chi connectivity index (χ0) is 16.9. The van der Waals surface area contributed by atoms with Crippen LogP contribution in [-0.4, -0.2) is 39.3 Å². The molecule has 6 nitrogen and oxygen atoms in total. The van der Waals surface area contributed by atoms with Crippen molar-refractivity contribution in [2.45, 2.75) is 39.0 Å². The smallest absolute Gasteiger partial charge is 0.240 e. The maximum Gasteiger partial charge on any atom is 0.240 e. The maximum absolute atomic E-state index is 12.8. The van der Waals surface area contributed by atoms with Gasteiger partial charge in [-0.3, -0.25) is 4.90 Å². The Hall–Kier alpha value is -1.99. The molecule has 1 aromatic heterocycles. The monoisotopic (exact) mass is 335 g/mol. The molecule has 0 radical (unpaired) electrons. The van der Waals surface area contributed by atoms with Crippen molar-refractivity contribution in [1.29, 1.82) is 0 Å². The Labute approximate surface area is 140 Å². The van der Waals surface area contributed by atoms with Gasteiger partial charge in [-0.2, -0.15) is 4.98 Å². The molecule has 1 aromatic carbocycles. The van der Waals surface area contributed by atoms with Crippen LogP contribution in [0.4, 0.5) is 4.39 Å². The summed E-state index contributed by atoms with van der Waals surface area (Å²) in [7, 11) is 0. The molecule has 1 aliphatic heterocycles. The number of benzene rings is 1. The Morgan fingerprint density at radius 2 is 2.21 bits per heavy atom. The van der Waals surface area contributed by atoms with E-state index in [9.17, 15) is 9.50 Å². The van der Waals surface area contributed by atoms with Crippen molar-refractivity contribution in [1.82, 2.24) is 15.0 Å². The normalized spacial score (nSPS) is 20.0. The quantitative estimate of drug-likeness (QED) is 0.874. The molecule has 0 aliphatic carbocycles. The van der Waals surface area contributed by atoms with Crippen molar-refractivity contribution in [3.8, 4) is 5.75 Å². The number of hydrogen-bond donors (Lipinski definition) is 1. The zero-order valence-corrected chi connectivity index (χ0v) is 13.7. The number of nitrogens with zero attached hydrogens (tertiary/aromatic N) is 3. The lowest BCUT2D eigenvalue weighted by atomic mass is 9.93. The minimum Gasteiger partial charge on any atom is -0.485 e. The van der Waals surface area contributed by atoms with Gasteiger partial charge in [-0.15, -0.1) is 0 Å². The molecule has 2 heterocycles. The van der Waals surface area contributed by atoms with Crippen molar-refractivity contribution >= 4 is 0 Å². The number of aliphatic hydroxyl groups is 1. The highest BCUT2D eigenvalue weighted by Gasteiger charge is 2.24. The zero-order valence-electron chi connectivity index (χ0n) is 13.7. The van der Waals surface area contributed by atoms with E-state index in [1.807, 2.05) is 6.92 Å². The molecular formula is C17H22FN3O3. The fourth-order valence-electron chi connectivity index (χ4n) is 2.91. The summed E-state index contributed by atoms with van der Waals surface area (Å²) in [5, 5.41) is 13.6. The van der Waals surface area contributed by atoms with Crippen LogP contribution in [0.3, 0.4) is 0 Å². The van der Waals surface area contributed by atoms with Crippen LogP contribution in [-0.2, 0) is 13.2 Å². The molecule has 0 bridgehead atoms. The van der Waals surface area contributed by atoms with Gasteiger partial charge < -0.3 is 14.4 Å². The second kappa shape index (κ2) is 7.72. The first-order valence-electron chi connectivity index (χ1n) is 8.20. The van der Waals surface area contributed by atoms with E-state index in [0.717, 1.165) is 25.9 Å². The summed E-state index contributed by atoms with van der Waals surface area (Å²) in [5.41, 5.74) is 0. The largest absolute Gasteiger partial charge is 0.485 e. The van der Waals surface area contributed by atoms with Gasteiger partial charge in [0.1, 0.15) is 11.6 Å². The lowest BCUT2D eigenvalue weighted by molar-refractivity contribution is 0.0556. The van der Waals surface area contributed by atoms with Crippen molar-refractivity contribution in [2.75, 3.05) is 13.1 Å². The molecule has 2 aromatic rings. The van der Waals surface area contributed by atoms with E-state index < -0.39 is 0 Å². The van der Waals surface area contributed by atoms with Crippen molar-refractivity contribution in [2.24, 2.45) is 5.92 Å². The molecule has 0 amide bonds. The van der Waals surface area contributed by atoms with Gasteiger partial charge in [-0.25, -0.2) is 4.39 Å². The Balaban J connectivity index is 1.51. The highest BCUT2D eigenvalue weighted by atomic mass is 19.1. The lowest BCUT2D eigenvalue weighted by Crippen LogP contribution is -2.39. The average Bonchev–Trinajstić information content (AvgIpc) is 3.02. The molecule has 130 valence electrons. The Kier molecular flexibility index (Phi) is 5.42. The minimum atomic E-state index is -0.304. The third-order valence-corrected chi connectivity index (χ3v) is 4.27. The predicted octanol–water partition coefficient (Wildman–Crippen LogP) is 2.38. The molecule has 7 heteroatoms. The van der Waals surface area contributed by atoms with E-state index in [1.54, 1.807) is 12.1 Å². The van der Waals surface area contributed by atoms with E-state index >= 15 is 0 Å². The molecule has 1 N–H and O–H groups in total. The number of piperidine rings is 1. The number of hydrogen-bond acceptors (Lipinski definition) is 6. The minimum absolute atomic E-state index is 0.172. The molecule has 3 rings (SSSR count). The second-order valence-electron chi connectivity index (χ2n) is 6.22. The van der Waals surface area contributed by atoms with Crippen LogP contribution in [0, 0.1) is 11.7 Å². The van der Waals surface area contributed by atoms with E-state index in [4.69, 9.17) is 9.26 Å². The summed E-state index contributed by atoms with van der Waals surface area (Å²) in [6, 6.07) is 5.79. The number of aliphatic hydroxyl groups excluding tert-OH is 1. The third-order valence-electron chi connectivity index (χ3n) is 4.27. The fraction of sp³-hybridized carbons (Fsp3) is 0.529. The van der Waals surface area contributed by atoms with E-state index in [0.29, 0.717) is 29.9 Å². The summed E-state index contributed by atoms with van der Waals surface area (Å²) < 4.78 is 23.6. The Bertz CT molecular complexity index is 645. The Morgan fingerprint density at radius 3 is 2.96 bits per heavy atom. The first-order valence-corrected chi connectivity index (χ1v) is 8.20. The van der Waals surface area contributed by atoms with E-state index in [2.05, 4.69) is 15.0 Å². The van der Waals surface area contributed by atoms with Crippen molar-refractivity contribution in [3.63, 3.8) is 0 Å². The molecule has 1 fully saturated rings.